The molecule has 0 unspecified atom stereocenters. The molecule has 0 saturated carbocycles. The van der Waals surface area contributed by atoms with Crippen molar-refractivity contribution in [2.45, 2.75) is 26.2 Å². The first-order chi connectivity index (χ1) is 8.60. The van der Waals surface area contributed by atoms with Crippen LogP contribution < -0.4 is 4.90 Å². The number of halogens is 3. The second-order valence-corrected chi connectivity index (χ2v) is 5.81. The second-order valence-electron chi connectivity index (χ2n) is 5.00. The van der Waals surface area contributed by atoms with E-state index in [0.29, 0.717) is 10.0 Å². The lowest BCUT2D eigenvalue weighted by molar-refractivity contribution is -0.115. The normalized spacial score (nSPS) is 22.2. The fraction of sp³-hybridized carbons (Fsp3) is 0.500. The van der Waals surface area contributed by atoms with Crippen LogP contribution in [0.15, 0.2) is 18.2 Å². The molecule has 1 saturated heterocycles. The lowest BCUT2D eigenvalue weighted by Crippen LogP contribution is -2.28. The minimum absolute atomic E-state index is 0. The van der Waals surface area contributed by atoms with Crippen LogP contribution in [0.3, 0.4) is 0 Å². The molecule has 1 aromatic rings. The van der Waals surface area contributed by atoms with Crippen molar-refractivity contribution in [1.82, 2.24) is 0 Å². The monoisotopic (exact) mass is 321 g/mol. The zero-order chi connectivity index (χ0) is 13.2. The van der Waals surface area contributed by atoms with Crippen molar-refractivity contribution in [3.63, 3.8) is 0 Å². The van der Waals surface area contributed by atoms with Crippen LogP contribution in [0.2, 0.25) is 10.0 Å². The average Bonchev–Trinajstić information content (AvgIpc) is 2.78. The lowest BCUT2D eigenvalue weighted by Gasteiger charge is -2.24. The van der Waals surface area contributed by atoms with Crippen LogP contribution in [0.25, 0.3) is 0 Å². The predicted molar refractivity (Wildman–Crippen MR) is 83.9 cm³/mol. The van der Waals surface area contributed by atoms with Crippen molar-refractivity contribution in [3.05, 3.63) is 28.2 Å². The van der Waals surface area contributed by atoms with Gasteiger partial charge in [-0.25, -0.2) is 0 Å². The Morgan fingerprint density at radius 3 is 2.68 bits per heavy atom. The Kier molecular flexibility index (Phi) is 5.97. The fourth-order valence-electron chi connectivity index (χ4n) is 2.66. The summed E-state index contributed by atoms with van der Waals surface area (Å²) in [7, 11) is 0. The number of hydrogen-bond acceptors (Lipinski definition) is 2. The summed E-state index contributed by atoms with van der Waals surface area (Å²) >= 11 is 11.9. The van der Waals surface area contributed by atoms with Gasteiger partial charge in [0.2, 0.25) is 0 Å². The summed E-state index contributed by atoms with van der Waals surface area (Å²) in [5, 5.41) is 1.13. The molecule has 0 bridgehead atoms. The lowest BCUT2D eigenvalue weighted by atomic mass is 9.84. The Morgan fingerprint density at radius 1 is 1.37 bits per heavy atom. The minimum Gasteiger partial charge on any atom is -0.370 e. The van der Waals surface area contributed by atoms with Crippen molar-refractivity contribution in [1.29, 1.82) is 0 Å². The zero-order valence-corrected chi connectivity index (χ0v) is 13.2. The van der Waals surface area contributed by atoms with Crippen molar-refractivity contribution < 1.29 is 4.79 Å². The van der Waals surface area contributed by atoms with Crippen LogP contribution >= 0.6 is 35.6 Å². The van der Waals surface area contributed by atoms with Gasteiger partial charge in [0.05, 0.1) is 10.0 Å². The van der Waals surface area contributed by atoms with Gasteiger partial charge in [0.1, 0.15) is 6.29 Å². The molecular weight excluding hydrogens is 305 g/mol. The maximum absolute atomic E-state index is 11.3. The SMILES string of the molecule is CCC[C@]1(C=O)CCN(c2ccc(Cl)c(Cl)c2)C1.Cl. The van der Waals surface area contributed by atoms with Crippen molar-refractivity contribution in [3.8, 4) is 0 Å². The van der Waals surface area contributed by atoms with Crippen LogP contribution in [0.5, 0.6) is 0 Å². The fourth-order valence-corrected chi connectivity index (χ4v) is 2.95. The molecule has 0 aliphatic carbocycles. The van der Waals surface area contributed by atoms with Crippen LogP contribution in [-0.2, 0) is 4.79 Å². The molecule has 1 fully saturated rings. The van der Waals surface area contributed by atoms with E-state index in [2.05, 4.69) is 11.8 Å². The summed E-state index contributed by atoms with van der Waals surface area (Å²) in [5.74, 6) is 0. The third-order valence-electron chi connectivity index (χ3n) is 3.65. The number of benzene rings is 1. The number of carbonyl (C=O) groups excluding carboxylic acids is 1. The predicted octanol–water partition coefficient (Wildman–Crippen LogP) is 4.61. The van der Waals surface area contributed by atoms with Crippen LogP contribution in [0.1, 0.15) is 26.2 Å². The second kappa shape index (κ2) is 6.83. The van der Waals surface area contributed by atoms with Crippen molar-refractivity contribution >= 4 is 47.6 Å². The van der Waals surface area contributed by atoms with Crippen LogP contribution in [-0.4, -0.2) is 19.4 Å². The average molecular weight is 323 g/mol. The summed E-state index contributed by atoms with van der Waals surface area (Å²) in [6, 6.07) is 5.64. The Bertz CT molecular complexity index is 452. The van der Waals surface area contributed by atoms with Gasteiger partial charge in [0, 0.05) is 24.2 Å². The summed E-state index contributed by atoms with van der Waals surface area (Å²) in [5.41, 5.74) is 0.866. The first-order valence-corrected chi connectivity index (χ1v) is 7.02. The molecule has 1 aliphatic rings. The van der Waals surface area contributed by atoms with E-state index in [1.165, 1.54) is 0 Å². The molecular formula is C14H18Cl3NO. The Balaban J connectivity index is 0.00000180. The van der Waals surface area contributed by atoms with Gasteiger partial charge in [-0.1, -0.05) is 36.5 Å². The topological polar surface area (TPSA) is 20.3 Å². The number of hydrogen-bond donors (Lipinski definition) is 0. The third-order valence-corrected chi connectivity index (χ3v) is 4.39. The molecule has 2 rings (SSSR count). The number of anilines is 1. The van der Waals surface area contributed by atoms with Gasteiger partial charge >= 0.3 is 0 Å². The molecule has 0 aromatic heterocycles. The molecule has 1 aromatic carbocycles. The number of carbonyl (C=O) groups is 1. The van der Waals surface area contributed by atoms with E-state index >= 15 is 0 Å². The summed E-state index contributed by atoms with van der Waals surface area (Å²) in [4.78, 5) is 13.6. The maximum Gasteiger partial charge on any atom is 0.127 e. The van der Waals surface area contributed by atoms with Gasteiger partial charge in [-0.05, 0) is 31.0 Å². The number of rotatable bonds is 4. The van der Waals surface area contributed by atoms with E-state index in [1.807, 2.05) is 12.1 Å². The smallest absolute Gasteiger partial charge is 0.127 e. The highest BCUT2D eigenvalue weighted by Crippen LogP contribution is 2.37. The molecule has 1 atom stereocenters. The molecule has 106 valence electrons. The minimum atomic E-state index is -0.180. The summed E-state index contributed by atoms with van der Waals surface area (Å²) < 4.78 is 0. The molecule has 0 N–H and O–H groups in total. The standard InChI is InChI=1S/C14H17Cl2NO.ClH/c1-2-5-14(10-18)6-7-17(9-14)11-3-4-12(15)13(16)8-11;/h3-4,8,10H,2,5-7,9H2,1H3;1H/t14-;/m0./s1. The van der Waals surface area contributed by atoms with E-state index in [1.54, 1.807) is 6.07 Å². The molecule has 5 heteroatoms. The zero-order valence-electron chi connectivity index (χ0n) is 10.9. The van der Waals surface area contributed by atoms with Crippen LogP contribution in [0.4, 0.5) is 5.69 Å². The van der Waals surface area contributed by atoms with Crippen molar-refractivity contribution in [2.24, 2.45) is 5.41 Å². The first kappa shape index (κ1) is 16.6. The molecule has 0 spiro atoms. The summed E-state index contributed by atoms with van der Waals surface area (Å²) in [6.45, 7) is 3.80. The van der Waals surface area contributed by atoms with Gasteiger partial charge in [-0.15, -0.1) is 12.4 Å². The van der Waals surface area contributed by atoms with Gasteiger partial charge in [-0.2, -0.15) is 0 Å². The van der Waals surface area contributed by atoms with Gasteiger partial charge in [-0.3, -0.25) is 0 Å². The van der Waals surface area contributed by atoms with Crippen molar-refractivity contribution in [2.75, 3.05) is 18.0 Å². The first-order valence-electron chi connectivity index (χ1n) is 6.26. The van der Waals surface area contributed by atoms with E-state index in [4.69, 9.17) is 23.2 Å². The molecule has 0 radical (unpaired) electrons. The Labute approximate surface area is 130 Å². The highest BCUT2D eigenvalue weighted by Gasteiger charge is 2.37. The number of aldehydes is 1. The quantitative estimate of drug-likeness (QED) is 0.754. The molecule has 19 heavy (non-hydrogen) atoms. The molecule has 2 nitrogen and oxygen atoms in total. The number of nitrogens with zero attached hydrogens (tertiary/aromatic N) is 1. The van der Waals surface area contributed by atoms with Crippen LogP contribution in [0, 0.1) is 5.41 Å². The van der Waals surface area contributed by atoms with E-state index in [0.717, 1.165) is 44.3 Å². The van der Waals surface area contributed by atoms with Gasteiger partial charge in [0.25, 0.3) is 0 Å². The van der Waals surface area contributed by atoms with E-state index in [-0.39, 0.29) is 17.8 Å². The van der Waals surface area contributed by atoms with E-state index < -0.39 is 0 Å². The highest BCUT2D eigenvalue weighted by atomic mass is 35.5. The van der Waals surface area contributed by atoms with Gasteiger partial charge in [0.15, 0.2) is 0 Å². The largest absolute Gasteiger partial charge is 0.370 e. The summed E-state index contributed by atoms with van der Waals surface area (Å²) in [6.07, 6.45) is 4.04. The molecule has 1 aliphatic heterocycles. The van der Waals surface area contributed by atoms with Gasteiger partial charge < -0.3 is 9.69 Å². The third kappa shape index (κ3) is 3.56. The molecule has 1 heterocycles. The Hall–Kier alpha value is -0.440. The maximum atomic E-state index is 11.3. The molecule has 0 amide bonds. The van der Waals surface area contributed by atoms with E-state index in [9.17, 15) is 4.79 Å². The Morgan fingerprint density at radius 2 is 2.11 bits per heavy atom. The highest BCUT2D eigenvalue weighted by molar-refractivity contribution is 6.42.